The Labute approximate surface area is 115 Å². The highest BCUT2D eigenvalue weighted by Gasteiger charge is 2.37. The van der Waals surface area contributed by atoms with E-state index in [1.807, 2.05) is 0 Å². The fraction of sp³-hybridized carbons (Fsp3) is 0.933. The number of rotatable bonds is 2. The van der Waals surface area contributed by atoms with Crippen molar-refractivity contribution >= 4 is 5.91 Å². The molecule has 0 aromatic heterocycles. The van der Waals surface area contributed by atoms with Crippen molar-refractivity contribution in [2.45, 2.75) is 57.1 Å². The number of morpholine rings is 1. The summed E-state index contributed by atoms with van der Waals surface area (Å²) in [5, 5.41) is 3.40. The monoisotopic (exact) mass is 266 g/mol. The first-order valence-electron chi connectivity index (χ1n) is 7.96. The smallest absolute Gasteiger partial charge is 0.223 e. The topological polar surface area (TPSA) is 41.6 Å². The molecule has 1 N–H and O–H groups in total. The molecule has 3 rings (SSSR count). The van der Waals surface area contributed by atoms with Gasteiger partial charge in [0.15, 0.2) is 0 Å². The molecular formula is C15H26N2O2. The first-order chi connectivity index (χ1) is 9.34. The van der Waals surface area contributed by atoms with Crippen molar-refractivity contribution in [1.29, 1.82) is 0 Å². The Morgan fingerprint density at radius 3 is 2.95 bits per heavy atom. The van der Waals surface area contributed by atoms with Gasteiger partial charge < -0.3 is 15.0 Å². The van der Waals surface area contributed by atoms with Crippen LogP contribution in [0.3, 0.4) is 0 Å². The van der Waals surface area contributed by atoms with Gasteiger partial charge in [0.1, 0.15) is 0 Å². The van der Waals surface area contributed by atoms with Crippen molar-refractivity contribution in [3.63, 3.8) is 0 Å². The van der Waals surface area contributed by atoms with Crippen LogP contribution >= 0.6 is 0 Å². The van der Waals surface area contributed by atoms with Crippen LogP contribution in [0.25, 0.3) is 0 Å². The van der Waals surface area contributed by atoms with Crippen LogP contribution in [-0.2, 0) is 9.53 Å². The van der Waals surface area contributed by atoms with E-state index in [-0.39, 0.29) is 0 Å². The van der Waals surface area contributed by atoms with E-state index < -0.39 is 0 Å². The van der Waals surface area contributed by atoms with Crippen LogP contribution in [0.5, 0.6) is 0 Å². The molecule has 3 aliphatic rings. The SMILES string of the molecule is O=C(CC1CCCNC1)N1CCOC2CCCCC21. The second-order valence-corrected chi connectivity index (χ2v) is 6.26. The summed E-state index contributed by atoms with van der Waals surface area (Å²) in [4.78, 5) is 14.7. The summed E-state index contributed by atoms with van der Waals surface area (Å²) in [5.41, 5.74) is 0. The average Bonchev–Trinajstić information content (AvgIpc) is 2.47. The summed E-state index contributed by atoms with van der Waals surface area (Å²) >= 11 is 0. The number of carbonyl (C=O) groups excluding carboxylic acids is 1. The molecule has 4 heteroatoms. The molecule has 1 aliphatic carbocycles. The number of nitrogens with one attached hydrogen (secondary N) is 1. The van der Waals surface area contributed by atoms with Crippen molar-refractivity contribution in [3.8, 4) is 0 Å². The zero-order valence-corrected chi connectivity index (χ0v) is 11.8. The Hall–Kier alpha value is -0.610. The molecule has 0 spiro atoms. The molecular weight excluding hydrogens is 240 g/mol. The van der Waals surface area contributed by atoms with Crippen molar-refractivity contribution in [1.82, 2.24) is 10.2 Å². The van der Waals surface area contributed by atoms with Gasteiger partial charge in [-0.1, -0.05) is 12.8 Å². The molecule has 2 aliphatic heterocycles. The summed E-state index contributed by atoms with van der Waals surface area (Å²) < 4.78 is 5.85. The van der Waals surface area contributed by atoms with Gasteiger partial charge in [-0.25, -0.2) is 0 Å². The minimum Gasteiger partial charge on any atom is -0.374 e. The lowest BCUT2D eigenvalue weighted by molar-refractivity contribution is -0.150. The Balaban J connectivity index is 1.58. The first kappa shape index (κ1) is 13.4. The largest absolute Gasteiger partial charge is 0.374 e. The fourth-order valence-corrected chi connectivity index (χ4v) is 3.87. The maximum Gasteiger partial charge on any atom is 0.223 e. The molecule has 2 saturated heterocycles. The Bertz CT molecular complexity index is 313. The molecule has 4 nitrogen and oxygen atoms in total. The minimum absolute atomic E-state index is 0.316. The second-order valence-electron chi connectivity index (χ2n) is 6.26. The molecule has 0 aromatic rings. The lowest BCUT2D eigenvalue weighted by Crippen LogP contribution is -2.55. The number of carbonyl (C=O) groups is 1. The highest BCUT2D eigenvalue weighted by molar-refractivity contribution is 5.77. The van der Waals surface area contributed by atoms with Crippen LogP contribution in [0.4, 0.5) is 0 Å². The van der Waals surface area contributed by atoms with Crippen LogP contribution in [-0.4, -0.2) is 49.2 Å². The van der Waals surface area contributed by atoms with Crippen molar-refractivity contribution in [2.75, 3.05) is 26.2 Å². The van der Waals surface area contributed by atoms with Crippen LogP contribution in [0, 0.1) is 5.92 Å². The number of hydrogen-bond donors (Lipinski definition) is 1. The minimum atomic E-state index is 0.316. The van der Waals surface area contributed by atoms with Gasteiger partial charge in [-0.2, -0.15) is 0 Å². The average molecular weight is 266 g/mol. The summed E-state index contributed by atoms with van der Waals surface area (Å²) in [6.45, 7) is 3.67. The third kappa shape index (κ3) is 3.11. The second kappa shape index (κ2) is 6.23. The molecule has 2 heterocycles. The van der Waals surface area contributed by atoms with Gasteiger partial charge in [0.25, 0.3) is 0 Å². The van der Waals surface area contributed by atoms with Gasteiger partial charge in [-0.05, 0) is 44.7 Å². The molecule has 108 valence electrons. The molecule has 3 atom stereocenters. The van der Waals surface area contributed by atoms with Crippen molar-refractivity contribution in [3.05, 3.63) is 0 Å². The molecule has 1 saturated carbocycles. The lowest BCUT2D eigenvalue weighted by Gasteiger charge is -2.44. The van der Waals surface area contributed by atoms with Gasteiger partial charge >= 0.3 is 0 Å². The standard InChI is InChI=1S/C15H26N2O2/c18-15(10-12-4-3-7-16-11-12)17-8-9-19-14-6-2-1-5-13(14)17/h12-14,16H,1-11H2. The lowest BCUT2D eigenvalue weighted by atomic mass is 9.89. The molecule has 3 unspecified atom stereocenters. The zero-order chi connectivity index (χ0) is 13.1. The predicted molar refractivity (Wildman–Crippen MR) is 73.9 cm³/mol. The van der Waals surface area contributed by atoms with E-state index in [9.17, 15) is 4.79 Å². The van der Waals surface area contributed by atoms with Crippen LogP contribution in [0.1, 0.15) is 44.9 Å². The van der Waals surface area contributed by atoms with E-state index in [2.05, 4.69) is 10.2 Å². The highest BCUT2D eigenvalue weighted by atomic mass is 16.5. The molecule has 1 amide bonds. The van der Waals surface area contributed by atoms with Crippen molar-refractivity contribution < 1.29 is 9.53 Å². The number of hydrogen-bond acceptors (Lipinski definition) is 3. The Kier molecular flexibility index (Phi) is 4.38. The van der Waals surface area contributed by atoms with Crippen LogP contribution in [0.2, 0.25) is 0 Å². The number of piperidine rings is 1. The number of amides is 1. The molecule has 0 radical (unpaired) electrons. The molecule has 0 aromatic carbocycles. The van der Waals surface area contributed by atoms with E-state index in [1.54, 1.807) is 0 Å². The van der Waals surface area contributed by atoms with E-state index in [1.165, 1.54) is 25.7 Å². The summed E-state index contributed by atoms with van der Waals surface area (Å²) in [6.07, 6.45) is 8.25. The normalized spacial score (nSPS) is 35.8. The van der Waals surface area contributed by atoms with Gasteiger partial charge in [0.05, 0.1) is 18.8 Å². The Morgan fingerprint density at radius 1 is 1.21 bits per heavy atom. The van der Waals surface area contributed by atoms with Crippen LogP contribution < -0.4 is 5.32 Å². The van der Waals surface area contributed by atoms with E-state index in [0.29, 0.717) is 24.0 Å². The highest BCUT2D eigenvalue weighted by Crippen LogP contribution is 2.29. The van der Waals surface area contributed by atoms with Gasteiger partial charge in [0, 0.05) is 13.0 Å². The predicted octanol–water partition coefficient (Wildman–Crippen LogP) is 1.55. The van der Waals surface area contributed by atoms with Crippen LogP contribution in [0.15, 0.2) is 0 Å². The number of nitrogens with zero attached hydrogens (tertiary/aromatic N) is 1. The maximum absolute atomic E-state index is 12.6. The van der Waals surface area contributed by atoms with Gasteiger partial charge in [-0.3, -0.25) is 4.79 Å². The fourth-order valence-electron chi connectivity index (χ4n) is 3.87. The molecule has 19 heavy (non-hydrogen) atoms. The maximum atomic E-state index is 12.6. The summed E-state index contributed by atoms with van der Waals surface area (Å²) in [5.74, 6) is 0.917. The Morgan fingerprint density at radius 2 is 2.11 bits per heavy atom. The number of fused-ring (bicyclic) bond motifs is 1. The van der Waals surface area contributed by atoms with E-state index >= 15 is 0 Å². The molecule has 0 bridgehead atoms. The van der Waals surface area contributed by atoms with Gasteiger partial charge in [0.2, 0.25) is 5.91 Å². The third-order valence-electron chi connectivity index (χ3n) is 4.91. The number of ether oxygens (including phenoxy) is 1. The zero-order valence-electron chi connectivity index (χ0n) is 11.8. The van der Waals surface area contributed by atoms with Crippen molar-refractivity contribution in [2.24, 2.45) is 5.92 Å². The summed E-state index contributed by atoms with van der Waals surface area (Å²) in [7, 11) is 0. The van der Waals surface area contributed by atoms with E-state index in [4.69, 9.17) is 4.74 Å². The van der Waals surface area contributed by atoms with E-state index in [0.717, 1.165) is 45.5 Å². The first-order valence-corrected chi connectivity index (χ1v) is 7.96. The quantitative estimate of drug-likeness (QED) is 0.824. The van der Waals surface area contributed by atoms with Gasteiger partial charge in [-0.15, -0.1) is 0 Å². The third-order valence-corrected chi connectivity index (χ3v) is 4.91. The summed E-state index contributed by atoms with van der Waals surface area (Å²) in [6, 6.07) is 0.367. The molecule has 3 fully saturated rings.